The molecule has 0 saturated carbocycles. The number of hydrogen-bond acceptors (Lipinski definition) is 4. The van der Waals surface area contributed by atoms with E-state index in [0.29, 0.717) is 25.1 Å². The van der Waals surface area contributed by atoms with Gasteiger partial charge in [0.25, 0.3) is 0 Å². The highest BCUT2D eigenvalue weighted by molar-refractivity contribution is 7.92. The van der Waals surface area contributed by atoms with Crippen LogP contribution in [0.3, 0.4) is 0 Å². The van der Waals surface area contributed by atoms with Gasteiger partial charge in [0, 0.05) is 32.5 Å². The van der Waals surface area contributed by atoms with Gasteiger partial charge in [-0.05, 0) is 61.9 Å². The van der Waals surface area contributed by atoms with Gasteiger partial charge in [-0.2, -0.15) is 0 Å². The van der Waals surface area contributed by atoms with Crippen LogP contribution in [0.1, 0.15) is 60.4 Å². The number of amides is 2. The van der Waals surface area contributed by atoms with Gasteiger partial charge in [0.1, 0.15) is 6.04 Å². The maximum Gasteiger partial charge on any atom is 0.243 e. The van der Waals surface area contributed by atoms with Gasteiger partial charge in [0.05, 0.1) is 11.9 Å². The average Bonchev–Trinajstić information content (AvgIpc) is 2.94. The Kier molecular flexibility index (Phi) is 12.2. The number of carbonyl (C=O) groups is 2. The maximum absolute atomic E-state index is 14.0. The van der Waals surface area contributed by atoms with Crippen molar-refractivity contribution < 1.29 is 18.0 Å². The van der Waals surface area contributed by atoms with Crippen LogP contribution in [0.25, 0.3) is 0 Å². The second-order valence-corrected chi connectivity index (χ2v) is 13.0. The van der Waals surface area contributed by atoms with Gasteiger partial charge in [0.15, 0.2) is 0 Å². The molecule has 226 valence electrons. The number of sulfonamides is 1. The predicted molar refractivity (Wildman–Crippen MR) is 171 cm³/mol. The average molecular weight is 592 g/mol. The van der Waals surface area contributed by atoms with E-state index in [1.54, 1.807) is 4.90 Å². The summed E-state index contributed by atoms with van der Waals surface area (Å²) >= 11 is 0. The molecule has 0 saturated heterocycles. The van der Waals surface area contributed by atoms with E-state index >= 15 is 0 Å². The molecule has 0 aliphatic heterocycles. The molecule has 2 amide bonds. The first-order chi connectivity index (χ1) is 20.0. The molecule has 0 aliphatic rings. The van der Waals surface area contributed by atoms with E-state index in [4.69, 9.17) is 0 Å². The highest BCUT2D eigenvalue weighted by Gasteiger charge is 2.30. The van der Waals surface area contributed by atoms with Crippen LogP contribution in [0.15, 0.2) is 72.8 Å². The van der Waals surface area contributed by atoms with Crippen molar-refractivity contribution in [1.29, 1.82) is 0 Å². The molecule has 3 aromatic carbocycles. The standard InChI is InChI=1S/C34H45N3O4S/c1-6-7-20-35-34(39)32(24-29-14-9-8-10-15-29)36(25-30-16-11-13-26(2)22-30)33(38)17-12-21-37(42(5,40)41)31-23-27(3)18-19-28(31)4/h8-11,13-16,18-19,22-23,32H,6-7,12,17,20-21,24-25H2,1-5H3,(H,35,39)/t32-/m1/s1. The van der Waals surface area contributed by atoms with E-state index in [9.17, 15) is 18.0 Å². The van der Waals surface area contributed by atoms with Crippen LogP contribution < -0.4 is 9.62 Å². The van der Waals surface area contributed by atoms with Crippen LogP contribution in [-0.4, -0.2) is 50.5 Å². The van der Waals surface area contributed by atoms with Crippen molar-refractivity contribution in [2.24, 2.45) is 0 Å². The Labute approximate surface area is 252 Å². The van der Waals surface area contributed by atoms with E-state index in [-0.39, 0.29) is 31.3 Å². The first-order valence-corrected chi connectivity index (χ1v) is 16.6. The van der Waals surface area contributed by atoms with Gasteiger partial charge in [-0.1, -0.05) is 85.6 Å². The molecule has 1 N–H and O–H groups in total. The zero-order chi connectivity index (χ0) is 30.7. The second kappa shape index (κ2) is 15.5. The minimum atomic E-state index is -3.57. The summed E-state index contributed by atoms with van der Waals surface area (Å²) in [6, 6.07) is 22.7. The third-order valence-electron chi connectivity index (χ3n) is 7.32. The number of rotatable bonds is 15. The van der Waals surface area contributed by atoms with E-state index < -0.39 is 16.1 Å². The summed E-state index contributed by atoms with van der Waals surface area (Å²) < 4.78 is 26.9. The Balaban J connectivity index is 1.89. The molecule has 1 atom stereocenters. The summed E-state index contributed by atoms with van der Waals surface area (Å²) in [6.45, 7) is 8.87. The molecule has 0 unspecified atom stereocenters. The van der Waals surface area contributed by atoms with E-state index in [1.807, 2.05) is 93.6 Å². The smallest absolute Gasteiger partial charge is 0.243 e. The van der Waals surface area contributed by atoms with Crippen molar-refractivity contribution in [2.75, 3.05) is 23.7 Å². The Bertz CT molecular complexity index is 1440. The molecular weight excluding hydrogens is 546 g/mol. The van der Waals surface area contributed by atoms with Gasteiger partial charge >= 0.3 is 0 Å². The predicted octanol–water partition coefficient (Wildman–Crippen LogP) is 5.71. The monoisotopic (exact) mass is 591 g/mol. The van der Waals surface area contributed by atoms with E-state index in [2.05, 4.69) is 12.2 Å². The van der Waals surface area contributed by atoms with E-state index in [1.165, 1.54) is 10.6 Å². The van der Waals surface area contributed by atoms with Crippen LogP contribution in [0.2, 0.25) is 0 Å². The fourth-order valence-electron chi connectivity index (χ4n) is 5.04. The topological polar surface area (TPSA) is 86.8 Å². The number of nitrogens with zero attached hydrogens (tertiary/aromatic N) is 2. The summed E-state index contributed by atoms with van der Waals surface area (Å²) in [6.07, 6.45) is 3.81. The molecule has 0 bridgehead atoms. The van der Waals surface area contributed by atoms with Crippen molar-refractivity contribution >= 4 is 27.5 Å². The maximum atomic E-state index is 14.0. The summed E-state index contributed by atoms with van der Waals surface area (Å²) in [5.41, 5.74) is 5.42. The molecule has 0 radical (unpaired) electrons. The molecule has 0 spiro atoms. The van der Waals surface area contributed by atoms with Crippen molar-refractivity contribution in [2.45, 2.75) is 72.4 Å². The van der Waals surface area contributed by atoms with E-state index in [0.717, 1.165) is 40.7 Å². The molecule has 3 rings (SSSR count). The zero-order valence-corrected chi connectivity index (χ0v) is 26.4. The van der Waals surface area contributed by atoms with Crippen LogP contribution >= 0.6 is 0 Å². The Morgan fingerprint density at radius 1 is 0.857 bits per heavy atom. The molecule has 8 heteroatoms. The Hall–Kier alpha value is -3.65. The minimum Gasteiger partial charge on any atom is -0.354 e. The largest absolute Gasteiger partial charge is 0.354 e. The molecule has 0 aromatic heterocycles. The second-order valence-electron chi connectivity index (χ2n) is 11.1. The normalized spacial score (nSPS) is 12.0. The number of aryl methyl sites for hydroxylation is 3. The van der Waals surface area contributed by atoms with Crippen LogP contribution in [0.5, 0.6) is 0 Å². The van der Waals surface area contributed by atoms with Crippen molar-refractivity contribution in [3.8, 4) is 0 Å². The fraction of sp³-hybridized carbons (Fsp3) is 0.412. The van der Waals surface area contributed by atoms with Crippen molar-refractivity contribution in [3.05, 3.63) is 101 Å². The molecule has 42 heavy (non-hydrogen) atoms. The molecule has 0 fully saturated rings. The summed E-state index contributed by atoms with van der Waals surface area (Å²) in [5, 5.41) is 3.04. The summed E-state index contributed by atoms with van der Waals surface area (Å²) in [4.78, 5) is 29.2. The molecular formula is C34H45N3O4S. The Morgan fingerprint density at radius 3 is 2.21 bits per heavy atom. The lowest BCUT2D eigenvalue weighted by Crippen LogP contribution is -2.50. The molecule has 3 aromatic rings. The summed E-state index contributed by atoms with van der Waals surface area (Å²) in [5.74, 6) is -0.362. The molecule has 0 aliphatic carbocycles. The number of benzene rings is 3. The van der Waals surface area contributed by atoms with Gasteiger partial charge in [0.2, 0.25) is 21.8 Å². The number of unbranched alkanes of at least 4 members (excludes halogenated alkanes) is 1. The molecule has 7 nitrogen and oxygen atoms in total. The molecule has 0 heterocycles. The van der Waals surface area contributed by atoms with Crippen molar-refractivity contribution in [1.82, 2.24) is 10.2 Å². The van der Waals surface area contributed by atoms with Crippen LogP contribution in [-0.2, 0) is 32.6 Å². The van der Waals surface area contributed by atoms with Gasteiger partial charge < -0.3 is 10.2 Å². The van der Waals surface area contributed by atoms with Gasteiger partial charge in [-0.15, -0.1) is 0 Å². The lowest BCUT2D eigenvalue weighted by molar-refractivity contribution is -0.141. The Morgan fingerprint density at radius 2 is 1.55 bits per heavy atom. The third-order valence-corrected chi connectivity index (χ3v) is 8.50. The highest BCUT2D eigenvalue weighted by atomic mass is 32.2. The SMILES string of the molecule is CCCCNC(=O)[C@@H](Cc1ccccc1)N(Cc1cccc(C)c1)C(=O)CCCN(c1cc(C)ccc1C)S(C)(=O)=O. The summed E-state index contributed by atoms with van der Waals surface area (Å²) in [7, 11) is -3.57. The lowest BCUT2D eigenvalue weighted by Gasteiger charge is -2.32. The van der Waals surface area contributed by atoms with Crippen LogP contribution in [0.4, 0.5) is 5.69 Å². The quantitative estimate of drug-likeness (QED) is 0.229. The zero-order valence-electron chi connectivity index (χ0n) is 25.6. The highest BCUT2D eigenvalue weighted by Crippen LogP contribution is 2.25. The first kappa shape index (κ1) is 32.9. The number of anilines is 1. The number of carbonyl (C=O) groups excluding carboxylic acids is 2. The number of hydrogen-bond donors (Lipinski definition) is 1. The third kappa shape index (κ3) is 9.72. The van der Waals surface area contributed by atoms with Gasteiger partial charge in [-0.25, -0.2) is 8.42 Å². The van der Waals surface area contributed by atoms with Crippen LogP contribution in [0, 0.1) is 20.8 Å². The lowest BCUT2D eigenvalue weighted by atomic mass is 10.0. The first-order valence-electron chi connectivity index (χ1n) is 14.7. The van der Waals surface area contributed by atoms with Gasteiger partial charge in [-0.3, -0.25) is 13.9 Å². The number of nitrogens with one attached hydrogen (secondary N) is 1. The van der Waals surface area contributed by atoms with Crippen molar-refractivity contribution in [3.63, 3.8) is 0 Å². The fourth-order valence-corrected chi connectivity index (χ4v) is 6.05. The minimum absolute atomic E-state index is 0.107.